The highest BCUT2D eigenvalue weighted by molar-refractivity contribution is 5.83. The summed E-state index contributed by atoms with van der Waals surface area (Å²) in [6.07, 6.45) is 2.11. The van der Waals surface area contributed by atoms with Crippen LogP contribution in [0, 0.1) is 6.92 Å². The number of methoxy groups -OCH3 is 1. The van der Waals surface area contributed by atoms with Gasteiger partial charge in [0.2, 0.25) is 0 Å². The second-order valence-electron chi connectivity index (χ2n) is 4.89. The van der Waals surface area contributed by atoms with E-state index in [9.17, 15) is 0 Å². The summed E-state index contributed by atoms with van der Waals surface area (Å²) in [6.45, 7) is 4.08. The van der Waals surface area contributed by atoms with Gasteiger partial charge in [-0.25, -0.2) is 4.98 Å². The minimum Gasteiger partial charge on any atom is -0.497 e. The van der Waals surface area contributed by atoms with Crippen LogP contribution in [0.1, 0.15) is 18.3 Å². The third-order valence-corrected chi connectivity index (χ3v) is 3.61. The number of benzene rings is 2. The molecule has 3 nitrogen and oxygen atoms in total. The highest BCUT2D eigenvalue weighted by Crippen LogP contribution is 2.27. The average molecular weight is 278 g/mol. The van der Waals surface area contributed by atoms with Crippen molar-refractivity contribution in [3.05, 3.63) is 66.0 Å². The number of hydrogen-bond donors (Lipinski definition) is 0. The van der Waals surface area contributed by atoms with E-state index in [4.69, 9.17) is 4.74 Å². The van der Waals surface area contributed by atoms with Crippen LogP contribution in [0.2, 0.25) is 0 Å². The maximum absolute atomic E-state index is 5.33. The molecule has 3 rings (SSSR count). The molecule has 1 heterocycles. The quantitative estimate of drug-likeness (QED) is 0.715. The fourth-order valence-electron chi connectivity index (χ4n) is 2.66. The molecule has 0 N–H and O–H groups in total. The number of aromatic nitrogens is 2. The Morgan fingerprint density at radius 3 is 2.71 bits per heavy atom. The van der Waals surface area contributed by atoms with Gasteiger partial charge in [0.25, 0.3) is 0 Å². The second kappa shape index (κ2) is 5.44. The van der Waals surface area contributed by atoms with Crippen molar-refractivity contribution in [2.75, 3.05) is 7.11 Å². The summed E-state index contributed by atoms with van der Waals surface area (Å²) >= 11 is 0. The van der Waals surface area contributed by atoms with E-state index in [-0.39, 0.29) is 0 Å². The predicted molar refractivity (Wildman–Crippen MR) is 86.5 cm³/mol. The Bertz CT molecular complexity index is 815. The van der Waals surface area contributed by atoms with Crippen molar-refractivity contribution >= 4 is 16.7 Å². The Kier molecular flexibility index (Phi) is 3.48. The van der Waals surface area contributed by atoms with Crippen LogP contribution in [0.5, 0.6) is 5.75 Å². The Hall–Kier alpha value is -2.55. The van der Waals surface area contributed by atoms with Gasteiger partial charge < -0.3 is 4.74 Å². The van der Waals surface area contributed by atoms with Crippen molar-refractivity contribution in [2.24, 2.45) is 0 Å². The highest BCUT2D eigenvalue weighted by atomic mass is 16.5. The molecular formula is C18H18N2O. The molecule has 3 aromatic rings. The molecule has 0 aliphatic carbocycles. The molecule has 0 unspecified atom stereocenters. The summed E-state index contributed by atoms with van der Waals surface area (Å²) in [5.41, 5.74) is 4.35. The summed E-state index contributed by atoms with van der Waals surface area (Å²) in [4.78, 5) is 4.64. The van der Waals surface area contributed by atoms with Crippen LogP contribution < -0.4 is 4.74 Å². The van der Waals surface area contributed by atoms with E-state index in [2.05, 4.69) is 27.8 Å². The zero-order valence-corrected chi connectivity index (χ0v) is 12.5. The molecule has 0 bridgehead atoms. The van der Waals surface area contributed by atoms with Gasteiger partial charge in [-0.3, -0.25) is 4.57 Å². The SMILES string of the molecule is CC=C(c1cccc(OC)c1)n1c(C)nc2ccccc21. The van der Waals surface area contributed by atoms with E-state index >= 15 is 0 Å². The smallest absolute Gasteiger partial charge is 0.119 e. The van der Waals surface area contributed by atoms with Crippen LogP contribution in [0.15, 0.2) is 54.6 Å². The van der Waals surface area contributed by atoms with Crippen LogP contribution in [0.4, 0.5) is 0 Å². The van der Waals surface area contributed by atoms with Crippen molar-refractivity contribution in [3.8, 4) is 5.75 Å². The number of para-hydroxylation sites is 2. The second-order valence-corrected chi connectivity index (χ2v) is 4.89. The third kappa shape index (κ3) is 2.31. The van der Waals surface area contributed by atoms with Crippen molar-refractivity contribution < 1.29 is 4.74 Å². The number of nitrogens with zero attached hydrogens (tertiary/aromatic N) is 2. The largest absolute Gasteiger partial charge is 0.497 e. The maximum Gasteiger partial charge on any atom is 0.119 e. The van der Waals surface area contributed by atoms with E-state index in [1.807, 2.05) is 50.2 Å². The number of ether oxygens (including phenoxy) is 1. The third-order valence-electron chi connectivity index (χ3n) is 3.61. The lowest BCUT2D eigenvalue weighted by Crippen LogP contribution is -2.01. The van der Waals surface area contributed by atoms with Gasteiger partial charge in [0, 0.05) is 5.56 Å². The molecule has 3 heteroatoms. The first-order valence-corrected chi connectivity index (χ1v) is 7.00. The zero-order chi connectivity index (χ0) is 14.8. The van der Waals surface area contributed by atoms with Gasteiger partial charge in [-0.15, -0.1) is 0 Å². The Balaban J connectivity index is 2.21. The van der Waals surface area contributed by atoms with Gasteiger partial charge >= 0.3 is 0 Å². The minimum atomic E-state index is 0.855. The summed E-state index contributed by atoms with van der Waals surface area (Å²) in [5, 5.41) is 0. The van der Waals surface area contributed by atoms with Crippen molar-refractivity contribution in [3.63, 3.8) is 0 Å². The van der Waals surface area contributed by atoms with Crippen LogP contribution in [-0.2, 0) is 0 Å². The molecule has 0 fully saturated rings. The van der Waals surface area contributed by atoms with E-state index in [1.54, 1.807) is 7.11 Å². The Labute approximate surface area is 124 Å². The normalized spacial score (nSPS) is 11.9. The van der Waals surface area contributed by atoms with Crippen LogP contribution >= 0.6 is 0 Å². The standard InChI is InChI=1S/C18H18N2O/c1-4-17(14-8-7-9-15(12-14)21-3)20-13(2)19-16-10-5-6-11-18(16)20/h4-12H,1-3H3. The fourth-order valence-corrected chi connectivity index (χ4v) is 2.66. The van der Waals surface area contributed by atoms with Gasteiger partial charge in [-0.1, -0.05) is 30.3 Å². The lowest BCUT2D eigenvalue weighted by molar-refractivity contribution is 0.414. The number of hydrogen-bond acceptors (Lipinski definition) is 2. The van der Waals surface area contributed by atoms with Crippen LogP contribution in [-0.4, -0.2) is 16.7 Å². The molecule has 106 valence electrons. The first kappa shape index (κ1) is 13.4. The summed E-state index contributed by atoms with van der Waals surface area (Å²) in [7, 11) is 1.69. The minimum absolute atomic E-state index is 0.855. The molecule has 0 amide bonds. The number of imidazole rings is 1. The molecular weight excluding hydrogens is 260 g/mol. The highest BCUT2D eigenvalue weighted by Gasteiger charge is 2.12. The number of aryl methyl sites for hydroxylation is 1. The Morgan fingerprint density at radius 1 is 1.14 bits per heavy atom. The fraction of sp³-hybridized carbons (Fsp3) is 0.167. The van der Waals surface area contributed by atoms with Crippen molar-refractivity contribution in [1.29, 1.82) is 0 Å². The molecule has 0 aliphatic rings. The van der Waals surface area contributed by atoms with Gasteiger partial charge in [0.05, 0.1) is 23.8 Å². The van der Waals surface area contributed by atoms with Crippen molar-refractivity contribution in [2.45, 2.75) is 13.8 Å². The topological polar surface area (TPSA) is 27.1 Å². The average Bonchev–Trinajstić information content (AvgIpc) is 2.85. The first-order valence-electron chi connectivity index (χ1n) is 7.00. The number of allylic oxidation sites excluding steroid dienone is 1. The lowest BCUT2D eigenvalue weighted by atomic mass is 10.1. The van der Waals surface area contributed by atoms with Crippen LogP contribution in [0.3, 0.4) is 0 Å². The summed E-state index contributed by atoms with van der Waals surface area (Å²) < 4.78 is 7.52. The van der Waals surface area contributed by atoms with E-state index in [1.165, 1.54) is 0 Å². The molecule has 1 aromatic heterocycles. The van der Waals surface area contributed by atoms with Gasteiger partial charge in [-0.2, -0.15) is 0 Å². The summed E-state index contributed by atoms with van der Waals surface area (Å²) in [6, 6.07) is 16.3. The molecule has 21 heavy (non-hydrogen) atoms. The van der Waals surface area contributed by atoms with Crippen LogP contribution in [0.25, 0.3) is 16.7 Å². The Morgan fingerprint density at radius 2 is 1.95 bits per heavy atom. The lowest BCUT2D eigenvalue weighted by Gasteiger charge is -2.13. The molecule has 0 saturated carbocycles. The molecule has 2 aromatic carbocycles. The molecule has 0 aliphatic heterocycles. The predicted octanol–water partition coefficient (Wildman–Crippen LogP) is 4.26. The molecule has 0 radical (unpaired) electrons. The van der Waals surface area contributed by atoms with Gasteiger partial charge in [0.1, 0.15) is 11.6 Å². The monoisotopic (exact) mass is 278 g/mol. The number of fused-ring (bicyclic) bond motifs is 1. The maximum atomic E-state index is 5.33. The molecule has 0 atom stereocenters. The summed E-state index contributed by atoms with van der Waals surface area (Å²) in [5.74, 6) is 1.83. The zero-order valence-electron chi connectivity index (χ0n) is 12.5. The van der Waals surface area contributed by atoms with E-state index in [0.29, 0.717) is 0 Å². The first-order chi connectivity index (χ1) is 10.2. The molecule has 0 spiro atoms. The van der Waals surface area contributed by atoms with Gasteiger partial charge in [0.15, 0.2) is 0 Å². The van der Waals surface area contributed by atoms with Gasteiger partial charge in [-0.05, 0) is 38.1 Å². The number of rotatable bonds is 3. The van der Waals surface area contributed by atoms with E-state index in [0.717, 1.165) is 33.9 Å². The van der Waals surface area contributed by atoms with Crippen molar-refractivity contribution in [1.82, 2.24) is 9.55 Å². The van der Waals surface area contributed by atoms with E-state index < -0.39 is 0 Å². The molecule has 0 saturated heterocycles.